The molecule has 33 heavy (non-hydrogen) atoms. The molecule has 0 spiro atoms. The third kappa shape index (κ3) is 4.89. The normalized spacial score (nSPS) is 13.9. The monoisotopic (exact) mass is 463 g/mol. The average molecular weight is 464 g/mol. The molecule has 1 saturated heterocycles. The van der Waals surface area contributed by atoms with Crippen LogP contribution in [0.25, 0.3) is 11.3 Å². The maximum absolute atomic E-state index is 5.61. The molecule has 0 bridgehead atoms. The number of benzene rings is 2. The molecule has 1 fully saturated rings. The van der Waals surface area contributed by atoms with Crippen LogP contribution in [0.1, 0.15) is 11.3 Å². The molecule has 5 rings (SSSR count). The topological polar surface area (TPSA) is 78.4 Å². The molecule has 0 saturated carbocycles. The van der Waals surface area contributed by atoms with Crippen molar-refractivity contribution in [1.29, 1.82) is 0 Å². The Bertz CT molecular complexity index is 1190. The lowest BCUT2D eigenvalue weighted by molar-refractivity contribution is 0.121. The van der Waals surface area contributed by atoms with Crippen LogP contribution in [0, 0.1) is 0 Å². The van der Waals surface area contributed by atoms with E-state index in [-0.39, 0.29) is 0 Å². The zero-order valence-corrected chi connectivity index (χ0v) is 19.2. The van der Waals surface area contributed by atoms with Crippen LogP contribution in [-0.2, 0) is 17.0 Å². The Morgan fingerprint density at radius 2 is 1.79 bits per heavy atom. The molecular formula is C24H25N5O3S. The van der Waals surface area contributed by atoms with Crippen molar-refractivity contribution in [3.05, 3.63) is 72.0 Å². The molecule has 1 aliphatic rings. The number of rotatable bonds is 8. The lowest BCUT2D eigenvalue weighted by Crippen LogP contribution is -2.38. The van der Waals surface area contributed by atoms with E-state index in [1.54, 1.807) is 18.9 Å². The van der Waals surface area contributed by atoms with Crippen molar-refractivity contribution >= 4 is 17.7 Å². The summed E-state index contributed by atoms with van der Waals surface area (Å²) in [7, 11) is 1.65. The van der Waals surface area contributed by atoms with Gasteiger partial charge in [-0.15, -0.1) is 10.2 Å². The number of methoxy groups -OCH3 is 1. The highest BCUT2D eigenvalue weighted by Gasteiger charge is 2.21. The number of nitrogens with zero attached hydrogens (tertiary/aromatic N) is 5. The van der Waals surface area contributed by atoms with Crippen LogP contribution in [0.5, 0.6) is 5.75 Å². The Morgan fingerprint density at radius 1 is 1.00 bits per heavy atom. The highest BCUT2D eigenvalue weighted by molar-refractivity contribution is 7.98. The van der Waals surface area contributed by atoms with Crippen molar-refractivity contribution in [2.24, 2.45) is 0 Å². The molecule has 0 radical (unpaired) electrons. The summed E-state index contributed by atoms with van der Waals surface area (Å²) in [6.45, 7) is 3.71. The van der Waals surface area contributed by atoms with Crippen LogP contribution in [0.4, 0.5) is 5.95 Å². The second-order valence-electron chi connectivity index (χ2n) is 7.62. The quantitative estimate of drug-likeness (QED) is 0.361. The average Bonchev–Trinajstić information content (AvgIpc) is 3.51. The molecule has 2 aromatic heterocycles. The van der Waals surface area contributed by atoms with Gasteiger partial charge in [-0.25, -0.2) is 0 Å². The summed E-state index contributed by atoms with van der Waals surface area (Å²) in [6, 6.07) is 20.1. The summed E-state index contributed by atoms with van der Waals surface area (Å²) in [5.41, 5.74) is 2.86. The van der Waals surface area contributed by atoms with Crippen LogP contribution >= 0.6 is 11.8 Å². The Morgan fingerprint density at radius 3 is 2.61 bits per heavy atom. The van der Waals surface area contributed by atoms with Crippen molar-refractivity contribution < 1.29 is 14.0 Å². The number of hydrogen-bond donors (Lipinski definition) is 0. The predicted octanol–water partition coefficient (Wildman–Crippen LogP) is 4.12. The fourth-order valence-electron chi connectivity index (χ4n) is 3.79. The van der Waals surface area contributed by atoms with Gasteiger partial charge in [0.2, 0.25) is 5.95 Å². The largest absolute Gasteiger partial charge is 0.496 e. The van der Waals surface area contributed by atoms with Gasteiger partial charge < -0.3 is 18.9 Å². The van der Waals surface area contributed by atoms with Gasteiger partial charge in [-0.05, 0) is 17.7 Å². The molecule has 3 heterocycles. The first-order chi connectivity index (χ1) is 16.3. The minimum absolute atomic E-state index is 0.595. The van der Waals surface area contributed by atoms with Gasteiger partial charge in [-0.3, -0.25) is 4.57 Å². The van der Waals surface area contributed by atoms with Gasteiger partial charge in [0, 0.05) is 24.7 Å². The highest BCUT2D eigenvalue weighted by Crippen LogP contribution is 2.31. The fraction of sp³-hybridized carbons (Fsp3) is 0.292. The Balaban J connectivity index is 1.36. The van der Waals surface area contributed by atoms with E-state index in [1.807, 2.05) is 36.4 Å². The van der Waals surface area contributed by atoms with Gasteiger partial charge in [-0.2, -0.15) is 0 Å². The van der Waals surface area contributed by atoms with E-state index in [9.17, 15) is 0 Å². The lowest BCUT2D eigenvalue weighted by Gasteiger charge is -2.28. The first kappa shape index (κ1) is 21.5. The van der Waals surface area contributed by atoms with E-state index < -0.39 is 0 Å². The number of ether oxygens (including phenoxy) is 2. The van der Waals surface area contributed by atoms with E-state index in [2.05, 4.69) is 49.1 Å². The van der Waals surface area contributed by atoms with Gasteiger partial charge in [0.25, 0.3) is 0 Å². The van der Waals surface area contributed by atoms with Crippen LogP contribution < -0.4 is 9.64 Å². The van der Waals surface area contributed by atoms with Gasteiger partial charge in [0.1, 0.15) is 17.2 Å². The fourth-order valence-corrected chi connectivity index (χ4v) is 4.60. The van der Waals surface area contributed by atoms with E-state index in [1.165, 1.54) is 5.56 Å². The SMILES string of the molecule is COc1ccccc1-c1cc(CSc2nnc(N3CCOCC3)n2Cc2ccccc2)on1. The van der Waals surface area contributed by atoms with Crippen molar-refractivity contribution in [2.45, 2.75) is 17.5 Å². The Hall–Kier alpha value is -3.30. The molecule has 0 N–H and O–H groups in total. The molecule has 0 aliphatic carbocycles. The maximum Gasteiger partial charge on any atom is 0.228 e. The molecule has 0 unspecified atom stereocenters. The molecule has 8 nitrogen and oxygen atoms in total. The summed E-state index contributed by atoms with van der Waals surface area (Å²) in [5.74, 6) is 3.00. The van der Waals surface area contributed by atoms with E-state index in [0.717, 1.165) is 47.0 Å². The van der Waals surface area contributed by atoms with Crippen LogP contribution in [0.3, 0.4) is 0 Å². The number of morpholine rings is 1. The lowest BCUT2D eigenvalue weighted by atomic mass is 10.1. The van der Waals surface area contributed by atoms with Crippen molar-refractivity contribution in [1.82, 2.24) is 19.9 Å². The summed E-state index contributed by atoms with van der Waals surface area (Å²) >= 11 is 1.59. The molecule has 4 aromatic rings. The van der Waals surface area contributed by atoms with E-state index in [0.29, 0.717) is 25.5 Å². The second-order valence-corrected chi connectivity index (χ2v) is 8.56. The highest BCUT2D eigenvalue weighted by atomic mass is 32.2. The van der Waals surface area contributed by atoms with Gasteiger partial charge in [-0.1, -0.05) is 59.4 Å². The number of hydrogen-bond acceptors (Lipinski definition) is 8. The van der Waals surface area contributed by atoms with Crippen molar-refractivity contribution in [2.75, 3.05) is 38.3 Å². The van der Waals surface area contributed by atoms with Crippen LogP contribution in [0.15, 0.2) is 70.3 Å². The summed E-state index contributed by atoms with van der Waals surface area (Å²) in [6.07, 6.45) is 0. The standard InChI is InChI=1S/C24H25N5O3S/c1-30-22-10-6-5-9-20(22)21-15-19(32-27-21)17-33-24-26-25-23(28-11-13-31-14-12-28)29(24)16-18-7-3-2-4-8-18/h2-10,15H,11-14,16-17H2,1H3. The minimum Gasteiger partial charge on any atom is -0.496 e. The zero-order valence-electron chi connectivity index (χ0n) is 18.4. The van der Waals surface area contributed by atoms with Crippen LogP contribution in [-0.4, -0.2) is 53.3 Å². The van der Waals surface area contributed by atoms with Gasteiger partial charge in [0.05, 0.1) is 32.6 Å². The number of aromatic nitrogens is 4. The zero-order chi connectivity index (χ0) is 22.5. The summed E-state index contributed by atoms with van der Waals surface area (Å²) in [4.78, 5) is 2.23. The van der Waals surface area contributed by atoms with Gasteiger partial charge >= 0.3 is 0 Å². The number of thioether (sulfide) groups is 1. The Kier molecular flexibility index (Phi) is 6.59. The number of anilines is 1. The van der Waals surface area contributed by atoms with Crippen molar-refractivity contribution in [3.63, 3.8) is 0 Å². The molecule has 9 heteroatoms. The Labute approximate surface area is 196 Å². The summed E-state index contributed by atoms with van der Waals surface area (Å²) in [5, 5.41) is 14.1. The van der Waals surface area contributed by atoms with Crippen molar-refractivity contribution in [3.8, 4) is 17.0 Å². The van der Waals surface area contributed by atoms with Crippen LogP contribution in [0.2, 0.25) is 0 Å². The molecule has 0 amide bonds. The smallest absolute Gasteiger partial charge is 0.228 e. The number of para-hydroxylation sites is 1. The third-order valence-electron chi connectivity index (χ3n) is 5.46. The second kappa shape index (κ2) is 10.1. The first-order valence-electron chi connectivity index (χ1n) is 10.8. The molecule has 2 aromatic carbocycles. The molecular weight excluding hydrogens is 438 g/mol. The van der Waals surface area contributed by atoms with E-state index in [4.69, 9.17) is 14.0 Å². The summed E-state index contributed by atoms with van der Waals surface area (Å²) < 4.78 is 18.7. The predicted molar refractivity (Wildman–Crippen MR) is 127 cm³/mol. The van der Waals surface area contributed by atoms with E-state index >= 15 is 0 Å². The van der Waals surface area contributed by atoms with Gasteiger partial charge in [0.15, 0.2) is 5.16 Å². The maximum atomic E-state index is 5.61. The molecule has 0 atom stereocenters. The first-order valence-corrected chi connectivity index (χ1v) is 11.8. The molecule has 170 valence electrons. The minimum atomic E-state index is 0.595. The third-order valence-corrected chi connectivity index (χ3v) is 6.45. The molecule has 1 aliphatic heterocycles.